The van der Waals surface area contributed by atoms with Crippen molar-refractivity contribution < 1.29 is 9.53 Å². The van der Waals surface area contributed by atoms with Crippen molar-refractivity contribution in [3.8, 4) is 11.6 Å². The first-order valence-electron chi connectivity index (χ1n) is 13.4. The quantitative estimate of drug-likeness (QED) is 0.260. The molecule has 208 valence electrons. The Morgan fingerprint density at radius 2 is 1.93 bits per heavy atom. The molecule has 1 amide bonds. The number of nitrogens with zero attached hydrogens (tertiary/aromatic N) is 6. The van der Waals surface area contributed by atoms with E-state index in [1.54, 1.807) is 13.3 Å². The van der Waals surface area contributed by atoms with E-state index in [0.717, 1.165) is 54.3 Å². The van der Waals surface area contributed by atoms with Gasteiger partial charge in [-0.1, -0.05) is 12.6 Å². The molecule has 0 atom stereocenters. The molecule has 4 aromatic rings. The second kappa shape index (κ2) is 11.4. The highest BCUT2D eigenvalue weighted by atomic mass is 16.5. The number of imidazole rings is 1. The van der Waals surface area contributed by atoms with Gasteiger partial charge in [0, 0.05) is 38.3 Å². The topological polar surface area (TPSA) is 100 Å². The van der Waals surface area contributed by atoms with Crippen molar-refractivity contribution in [2.45, 2.75) is 25.7 Å². The highest BCUT2D eigenvalue weighted by Gasteiger charge is 2.30. The Bertz CT molecular complexity index is 1560. The van der Waals surface area contributed by atoms with Crippen molar-refractivity contribution in [3.63, 3.8) is 0 Å². The second-order valence-corrected chi connectivity index (χ2v) is 10.4. The molecule has 1 aliphatic carbocycles. The molecule has 0 spiro atoms. The summed E-state index contributed by atoms with van der Waals surface area (Å²) in [5.41, 5.74) is 5.23. The molecular formula is C30H36N8O2. The molecule has 40 heavy (non-hydrogen) atoms. The number of aryl methyl sites for hydroxylation is 1. The fraction of sp³-hybridized carbons (Fsp3) is 0.333. The average Bonchev–Trinajstić information content (AvgIpc) is 3.72. The van der Waals surface area contributed by atoms with Gasteiger partial charge in [-0.2, -0.15) is 4.98 Å². The number of benzene rings is 2. The van der Waals surface area contributed by atoms with E-state index >= 15 is 0 Å². The Balaban J connectivity index is 1.52. The minimum absolute atomic E-state index is 0.300. The first-order valence-corrected chi connectivity index (χ1v) is 13.4. The van der Waals surface area contributed by atoms with Crippen LogP contribution in [-0.2, 0) is 4.79 Å². The molecule has 1 saturated carbocycles. The van der Waals surface area contributed by atoms with Gasteiger partial charge in [-0.15, -0.1) is 0 Å². The Morgan fingerprint density at radius 3 is 2.62 bits per heavy atom. The summed E-state index contributed by atoms with van der Waals surface area (Å²) in [6, 6.07) is 11.9. The smallest absolute Gasteiger partial charge is 0.247 e. The van der Waals surface area contributed by atoms with Crippen LogP contribution >= 0.6 is 0 Å². The lowest BCUT2D eigenvalue weighted by Gasteiger charge is -2.26. The fourth-order valence-corrected chi connectivity index (χ4v) is 4.63. The van der Waals surface area contributed by atoms with Crippen molar-refractivity contribution in [3.05, 3.63) is 66.6 Å². The third kappa shape index (κ3) is 5.76. The van der Waals surface area contributed by atoms with Crippen LogP contribution in [0.25, 0.3) is 16.9 Å². The Hall–Kier alpha value is -4.44. The summed E-state index contributed by atoms with van der Waals surface area (Å²) in [5, 5.41) is 6.24. The molecule has 2 aromatic carbocycles. The number of nitrogens with one attached hydrogen (secondary N) is 2. The summed E-state index contributed by atoms with van der Waals surface area (Å²) >= 11 is 0. The van der Waals surface area contributed by atoms with Gasteiger partial charge in [0.1, 0.15) is 17.4 Å². The SMILES string of the molecule is C=CC(=O)Nc1cc(Nc2nccc(-n3c(C4CC4)nc4cc(C)ccc43)n2)c(OC)cc1N(C)CCN(C)C. The number of fused-ring (bicyclic) bond motifs is 1. The Kier molecular flexibility index (Phi) is 7.70. The van der Waals surface area contributed by atoms with Crippen LogP contribution < -0.4 is 20.3 Å². The van der Waals surface area contributed by atoms with E-state index in [2.05, 4.69) is 61.7 Å². The van der Waals surface area contributed by atoms with Gasteiger partial charge in [-0.25, -0.2) is 9.97 Å². The lowest BCUT2D eigenvalue weighted by molar-refractivity contribution is -0.111. The van der Waals surface area contributed by atoms with Gasteiger partial charge in [0.2, 0.25) is 11.9 Å². The lowest BCUT2D eigenvalue weighted by Crippen LogP contribution is -2.29. The van der Waals surface area contributed by atoms with Crippen LogP contribution in [0.4, 0.5) is 23.0 Å². The van der Waals surface area contributed by atoms with Crippen LogP contribution in [0.15, 0.2) is 55.3 Å². The molecule has 2 N–H and O–H groups in total. The number of ether oxygens (including phenoxy) is 1. The Labute approximate surface area is 234 Å². The van der Waals surface area contributed by atoms with Gasteiger partial charge in [-0.3, -0.25) is 9.36 Å². The molecular weight excluding hydrogens is 504 g/mol. The van der Waals surface area contributed by atoms with Crippen molar-refractivity contribution in [1.82, 2.24) is 24.4 Å². The highest BCUT2D eigenvalue weighted by Crippen LogP contribution is 2.42. The first-order chi connectivity index (χ1) is 19.3. The molecule has 2 aromatic heterocycles. The highest BCUT2D eigenvalue weighted by molar-refractivity contribution is 6.02. The summed E-state index contributed by atoms with van der Waals surface area (Å²) < 4.78 is 7.88. The molecule has 2 heterocycles. The zero-order valence-corrected chi connectivity index (χ0v) is 23.7. The molecule has 0 bridgehead atoms. The van der Waals surface area contributed by atoms with Crippen molar-refractivity contribution in [1.29, 1.82) is 0 Å². The number of likely N-dealkylation sites (N-methyl/N-ethyl adjacent to an activating group) is 2. The van der Waals surface area contributed by atoms with Crippen molar-refractivity contribution in [2.75, 3.05) is 56.9 Å². The molecule has 5 rings (SSSR count). The summed E-state index contributed by atoms with van der Waals surface area (Å²) in [6.07, 6.45) is 5.24. The Morgan fingerprint density at radius 1 is 1.12 bits per heavy atom. The summed E-state index contributed by atoms with van der Waals surface area (Å²) in [6.45, 7) is 7.28. The molecule has 0 aliphatic heterocycles. The third-order valence-corrected chi connectivity index (χ3v) is 6.95. The third-order valence-electron chi connectivity index (χ3n) is 6.95. The summed E-state index contributed by atoms with van der Waals surface area (Å²) in [4.78, 5) is 30.8. The number of rotatable bonds is 11. The van der Waals surface area contributed by atoms with Crippen LogP contribution in [0.5, 0.6) is 5.75 Å². The predicted octanol–water partition coefficient (Wildman–Crippen LogP) is 4.88. The number of methoxy groups -OCH3 is 1. The number of hydrogen-bond donors (Lipinski definition) is 2. The van der Waals surface area contributed by atoms with Crippen LogP contribution in [0.3, 0.4) is 0 Å². The molecule has 0 radical (unpaired) electrons. The molecule has 1 fully saturated rings. The number of amides is 1. The molecule has 10 heteroatoms. The fourth-order valence-electron chi connectivity index (χ4n) is 4.63. The van der Waals surface area contributed by atoms with Crippen LogP contribution in [-0.4, -0.2) is 71.7 Å². The number of hydrogen-bond acceptors (Lipinski definition) is 8. The largest absolute Gasteiger partial charge is 0.494 e. The maximum Gasteiger partial charge on any atom is 0.247 e. The zero-order valence-electron chi connectivity index (χ0n) is 23.7. The number of anilines is 4. The molecule has 10 nitrogen and oxygen atoms in total. The van der Waals surface area contributed by atoms with Crippen molar-refractivity contribution in [2.24, 2.45) is 0 Å². The minimum atomic E-state index is -0.300. The normalized spacial score (nSPS) is 12.9. The first kappa shape index (κ1) is 27.1. The van der Waals surface area contributed by atoms with Crippen LogP contribution in [0.1, 0.15) is 30.1 Å². The van der Waals surface area contributed by atoms with Gasteiger partial charge >= 0.3 is 0 Å². The lowest BCUT2D eigenvalue weighted by atomic mass is 10.2. The predicted molar refractivity (Wildman–Crippen MR) is 160 cm³/mol. The van der Waals surface area contributed by atoms with Crippen molar-refractivity contribution >= 4 is 40.0 Å². The minimum Gasteiger partial charge on any atom is -0.494 e. The standard InChI is InChI=1S/C30H36N8O2/c1-7-28(39)32-22-17-23(26(40-6)18-25(22)37(5)15-14-36(3)4)34-30-31-13-12-27(35-30)38-24-11-8-19(2)16-21(24)33-29(38)20-9-10-20/h7-8,11-13,16-18,20H,1,9-10,14-15H2,2-6H3,(H,32,39)(H,31,34,35). The van der Waals surface area contributed by atoms with E-state index in [4.69, 9.17) is 14.7 Å². The molecule has 1 aliphatic rings. The average molecular weight is 541 g/mol. The number of carbonyl (C=O) groups excluding carboxylic acids is 1. The second-order valence-electron chi connectivity index (χ2n) is 10.4. The van der Waals surface area contributed by atoms with E-state index in [1.165, 1.54) is 11.6 Å². The van der Waals surface area contributed by atoms with E-state index < -0.39 is 0 Å². The van der Waals surface area contributed by atoms with E-state index in [9.17, 15) is 4.79 Å². The van der Waals surface area contributed by atoms with Crippen LogP contribution in [0.2, 0.25) is 0 Å². The van der Waals surface area contributed by atoms with Gasteiger partial charge in [0.15, 0.2) is 0 Å². The van der Waals surface area contributed by atoms with Gasteiger partial charge in [-0.05, 0) is 69.8 Å². The van der Waals surface area contributed by atoms with E-state index in [-0.39, 0.29) is 5.91 Å². The molecule has 0 unspecified atom stereocenters. The van der Waals surface area contributed by atoms with E-state index in [0.29, 0.717) is 29.0 Å². The van der Waals surface area contributed by atoms with Gasteiger partial charge < -0.3 is 25.2 Å². The maximum atomic E-state index is 12.3. The maximum absolute atomic E-state index is 12.3. The zero-order chi connectivity index (χ0) is 28.4. The number of aromatic nitrogens is 4. The van der Waals surface area contributed by atoms with E-state index in [1.807, 2.05) is 39.3 Å². The summed E-state index contributed by atoms with van der Waals surface area (Å²) in [7, 11) is 7.65. The van der Waals surface area contributed by atoms with Gasteiger partial charge in [0.25, 0.3) is 0 Å². The van der Waals surface area contributed by atoms with Crippen LogP contribution in [0, 0.1) is 6.92 Å². The molecule has 0 saturated heterocycles. The monoisotopic (exact) mass is 540 g/mol. The van der Waals surface area contributed by atoms with Gasteiger partial charge in [0.05, 0.1) is 35.2 Å². The number of carbonyl (C=O) groups is 1. The summed E-state index contributed by atoms with van der Waals surface area (Å²) in [5.74, 6) is 2.91.